The van der Waals surface area contributed by atoms with Crippen LogP contribution in [0.3, 0.4) is 0 Å². The number of alkyl carbamates (subject to hydrolysis) is 1. The molecule has 0 aliphatic heterocycles. The molecule has 31 heavy (non-hydrogen) atoms. The van der Waals surface area contributed by atoms with Crippen LogP contribution in [0.2, 0.25) is 5.28 Å². The third-order valence-electron chi connectivity index (χ3n) is 4.97. The van der Waals surface area contributed by atoms with E-state index in [1.807, 2.05) is 11.5 Å². The first-order valence-corrected chi connectivity index (χ1v) is 10.8. The van der Waals surface area contributed by atoms with E-state index in [9.17, 15) is 4.79 Å². The van der Waals surface area contributed by atoms with Crippen molar-refractivity contribution in [3.05, 3.63) is 46.5 Å². The lowest BCUT2D eigenvalue weighted by Gasteiger charge is -2.12. The first kappa shape index (κ1) is 22.8. The fourth-order valence-electron chi connectivity index (χ4n) is 3.38. The molecule has 8 nitrogen and oxygen atoms in total. The zero-order valence-corrected chi connectivity index (χ0v) is 18.9. The van der Waals surface area contributed by atoms with Crippen LogP contribution < -0.4 is 11.1 Å². The van der Waals surface area contributed by atoms with E-state index in [0.717, 1.165) is 24.0 Å². The summed E-state index contributed by atoms with van der Waals surface area (Å²) in [7, 11) is 0. The molecule has 9 heteroatoms. The Bertz CT molecular complexity index is 1050. The van der Waals surface area contributed by atoms with Crippen LogP contribution in [0.4, 0.5) is 10.6 Å². The number of unbranched alkanes of at least 4 members (excludes halogenated alkanes) is 1. The molecule has 2 heterocycles. The molecule has 1 aromatic carbocycles. The summed E-state index contributed by atoms with van der Waals surface area (Å²) in [5.74, 6) is 0.856. The molecule has 1 amide bonds. The minimum absolute atomic E-state index is 0.0942. The van der Waals surface area contributed by atoms with E-state index >= 15 is 0 Å². The van der Waals surface area contributed by atoms with Gasteiger partial charge >= 0.3 is 6.09 Å². The molecule has 166 valence electrons. The van der Waals surface area contributed by atoms with Gasteiger partial charge in [-0.3, -0.25) is 0 Å². The summed E-state index contributed by atoms with van der Waals surface area (Å²) < 4.78 is 7.17. The number of imidazole rings is 1. The number of benzene rings is 1. The first-order chi connectivity index (χ1) is 14.8. The number of carbonyl (C=O) groups excluding carboxylic acids is 1. The Kier molecular flexibility index (Phi) is 7.68. The Morgan fingerprint density at radius 3 is 2.87 bits per heavy atom. The highest BCUT2D eigenvalue weighted by molar-refractivity contribution is 6.28. The van der Waals surface area contributed by atoms with Crippen molar-refractivity contribution < 1.29 is 9.53 Å². The molecular weight excluding hydrogens is 416 g/mol. The number of amides is 1. The van der Waals surface area contributed by atoms with Crippen molar-refractivity contribution >= 4 is 34.7 Å². The summed E-state index contributed by atoms with van der Waals surface area (Å²) in [6.07, 6.45) is 3.78. The highest BCUT2D eigenvalue weighted by atomic mass is 35.5. The Morgan fingerprint density at radius 1 is 1.29 bits per heavy atom. The van der Waals surface area contributed by atoms with E-state index in [2.05, 4.69) is 52.3 Å². The number of ether oxygens (including phenoxy) is 1. The number of carbonyl (C=O) groups is 1. The van der Waals surface area contributed by atoms with Crippen molar-refractivity contribution in [3.63, 3.8) is 0 Å². The monoisotopic (exact) mass is 444 g/mol. The molecule has 3 N–H and O–H groups in total. The molecule has 3 rings (SSSR count). The lowest BCUT2D eigenvalue weighted by molar-refractivity contribution is 0.143. The van der Waals surface area contributed by atoms with Gasteiger partial charge in [-0.05, 0) is 60.4 Å². The second-order valence-corrected chi connectivity index (χ2v) is 8.38. The van der Waals surface area contributed by atoms with Crippen molar-refractivity contribution in [1.29, 1.82) is 0 Å². The van der Waals surface area contributed by atoms with Crippen LogP contribution in [-0.4, -0.2) is 32.2 Å². The Hall–Kier alpha value is -2.87. The smallest absolute Gasteiger partial charge is 0.407 e. The van der Waals surface area contributed by atoms with Crippen molar-refractivity contribution in [3.8, 4) is 0 Å². The molecular formula is C22H29ClN6O2. The minimum Gasteiger partial charge on any atom is -0.450 e. The van der Waals surface area contributed by atoms with Crippen LogP contribution in [-0.2, 0) is 24.2 Å². The number of nitrogens with one attached hydrogen (secondary N) is 1. The predicted molar refractivity (Wildman–Crippen MR) is 122 cm³/mol. The van der Waals surface area contributed by atoms with Gasteiger partial charge in [0.1, 0.15) is 5.52 Å². The van der Waals surface area contributed by atoms with Gasteiger partial charge in [0.15, 0.2) is 11.5 Å². The maximum absolute atomic E-state index is 12.0. The Balaban J connectivity index is 1.40. The van der Waals surface area contributed by atoms with E-state index < -0.39 is 6.09 Å². The van der Waals surface area contributed by atoms with Crippen LogP contribution >= 0.6 is 11.6 Å². The van der Waals surface area contributed by atoms with Crippen LogP contribution in [0.5, 0.6) is 0 Å². The quantitative estimate of drug-likeness (QED) is 0.376. The number of halogens is 1. The SMILES string of the molecule is Cc1ccc(CC(C)C)cc1CNC(=O)OCCCCn1cnc2c(N)nc(Cl)nc21. The second-order valence-electron chi connectivity index (χ2n) is 8.04. The number of fused-ring (bicyclic) bond motifs is 1. The van der Waals surface area contributed by atoms with Gasteiger partial charge in [0.25, 0.3) is 0 Å². The fraction of sp³-hybridized carbons (Fsp3) is 0.455. The number of rotatable bonds is 9. The number of hydrogen-bond acceptors (Lipinski definition) is 6. The van der Waals surface area contributed by atoms with Crippen LogP contribution in [0.1, 0.15) is 43.4 Å². The summed E-state index contributed by atoms with van der Waals surface area (Å²) in [5.41, 5.74) is 10.5. The molecule has 0 aliphatic rings. The van der Waals surface area contributed by atoms with E-state index in [4.69, 9.17) is 22.1 Å². The van der Waals surface area contributed by atoms with E-state index in [-0.39, 0.29) is 11.1 Å². The lowest BCUT2D eigenvalue weighted by Crippen LogP contribution is -2.24. The molecule has 0 bridgehead atoms. The maximum Gasteiger partial charge on any atom is 0.407 e. The number of hydrogen-bond donors (Lipinski definition) is 2. The van der Waals surface area contributed by atoms with Gasteiger partial charge in [0, 0.05) is 13.1 Å². The first-order valence-electron chi connectivity index (χ1n) is 10.5. The summed E-state index contributed by atoms with van der Waals surface area (Å²) >= 11 is 5.88. The van der Waals surface area contributed by atoms with E-state index in [1.54, 1.807) is 6.33 Å². The third-order valence-corrected chi connectivity index (χ3v) is 5.14. The average Bonchev–Trinajstić information content (AvgIpc) is 3.11. The van der Waals surface area contributed by atoms with Gasteiger partial charge in [0.2, 0.25) is 5.28 Å². The van der Waals surface area contributed by atoms with Gasteiger partial charge in [0.05, 0.1) is 12.9 Å². The Labute approximate surface area is 187 Å². The summed E-state index contributed by atoms with van der Waals surface area (Å²) in [6, 6.07) is 6.41. The van der Waals surface area contributed by atoms with Crippen molar-refractivity contribution in [2.45, 2.75) is 53.1 Å². The molecule has 0 spiro atoms. The normalized spacial score (nSPS) is 11.3. The number of nitrogen functional groups attached to an aromatic ring is 1. The molecule has 2 aromatic heterocycles. The molecule has 3 aromatic rings. The summed E-state index contributed by atoms with van der Waals surface area (Å²) in [5, 5.41) is 2.93. The van der Waals surface area contributed by atoms with E-state index in [0.29, 0.717) is 43.2 Å². The predicted octanol–water partition coefficient (Wildman–Crippen LogP) is 4.28. The van der Waals surface area contributed by atoms with Gasteiger partial charge in [-0.15, -0.1) is 0 Å². The van der Waals surface area contributed by atoms with E-state index in [1.165, 1.54) is 5.56 Å². The summed E-state index contributed by atoms with van der Waals surface area (Å²) in [4.78, 5) is 24.3. The number of nitrogens with zero attached hydrogens (tertiary/aromatic N) is 4. The second kappa shape index (κ2) is 10.4. The average molecular weight is 445 g/mol. The molecule has 0 radical (unpaired) electrons. The van der Waals surface area contributed by atoms with Gasteiger partial charge in [-0.25, -0.2) is 9.78 Å². The summed E-state index contributed by atoms with van der Waals surface area (Å²) in [6.45, 7) is 7.90. The van der Waals surface area contributed by atoms with Gasteiger partial charge in [-0.1, -0.05) is 32.0 Å². The van der Waals surface area contributed by atoms with Crippen molar-refractivity contribution in [1.82, 2.24) is 24.8 Å². The van der Waals surface area contributed by atoms with Crippen LogP contribution in [0.15, 0.2) is 24.5 Å². The number of anilines is 1. The molecule has 0 fully saturated rings. The number of aryl methyl sites for hydroxylation is 2. The van der Waals surface area contributed by atoms with Crippen LogP contribution in [0.25, 0.3) is 11.2 Å². The molecule has 0 saturated carbocycles. The van der Waals surface area contributed by atoms with Gasteiger partial charge < -0.3 is 20.4 Å². The third kappa shape index (κ3) is 6.30. The molecule has 0 atom stereocenters. The van der Waals surface area contributed by atoms with Gasteiger partial charge in [-0.2, -0.15) is 9.97 Å². The molecule has 0 aliphatic carbocycles. The lowest BCUT2D eigenvalue weighted by atomic mass is 9.98. The Morgan fingerprint density at radius 2 is 2.10 bits per heavy atom. The fourth-order valence-corrected chi connectivity index (χ4v) is 3.55. The maximum atomic E-state index is 12.0. The minimum atomic E-state index is -0.408. The zero-order chi connectivity index (χ0) is 22.4. The number of nitrogens with two attached hydrogens (primary N) is 1. The molecule has 0 unspecified atom stereocenters. The zero-order valence-electron chi connectivity index (χ0n) is 18.2. The highest BCUT2D eigenvalue weighted by Gasteiger charge is 2.10. The largest absolute Gasteiger partial charge is 0.450 e. The highest BCUT2D eigenvalue weighted by Crippen LogP contribution is 2.18. The standard InChI is InChI=1S/C22H29ClN6O2/c1-14(2)10-16-7-6-15(3)17(11-16)12-25-22(30)31-9-5-4-8-29-13-26-18-19(24)27-21(23)28-20(18)29/h6-7,11,13-14H,4-5,8-10,12H2,1-3H3,(H,25,30)(H2,24,27,28). The van der Waals surface area contributed by atoms with Crippen LogP contribution in [0, 0.1) is 12.8 Å². The molecule has 0 saturated heterocycles. The number of aromatic nitrogens is 4. The van der Waals surface area contributed by atoms with Crippen molar-refractivity contribution in [2.75, 3.05) is 12.3 Å². The topological polar surface area (TPSA) is 108 Å². The van der Waals surface area contributed by atoms with Crippen molar-refractivity contribution in [2.24, 2.45) is 5.92 Å².